The van der Waals surface area contributed by atoms with Crippen LogP contribution in [0.1, 0.15) is 43.1 Å². The number of carbonyl (C=O) groups is 1. The van der Waals surface area contributed by atoms with Crippen molar-refractivity contribution in [1.29, 1.82) is 0 Å². The fourth-order valence-electron chi connectivity index (χ4n) is 1.34. The second-order valence-corrected chi connectivity index (χ2v) is 4.27. The first kappa shape index (κ1) is 11.6. The Hall–Kier alpha value is -1.51. The van der Waals surface area contributed by atoms with Gasteiger partial charge >= 0.3 is 5.97 Å². The molecule has 0 aliphatic carbocycles. The summed E-state index contributed by atoms with van der Waals surface area (Å²) in [5, 5.41) is 18.3. The van der Waals surface area contributed by atoms with E-state index in [1.54, 1.807) is 6.07 Å². The first-order valence-corrected chi connectivity index (χ1v) is 4.95. The molecule has 3 heteroatoms. The van der Waals surface area contributed by atoms with Gasteiger partial charge in [0.1, 0.15) is 11.3 Å². The van der Waals surface area contributed by atoms with Crippen molar-refractivity contribution in [2.75, 3.05) is 0 Å². The van der Waals surface area contributed by atoms with E-state index in [2.05, 4.69) is 20.8 Å². The van der Waals surface area contributed by atoms with E-state index in [-0.39, 0.29) is 16.7 Å². The molecule has 0 atom stereocenters. The summed E-state index contributed by atoms with van der Waals surface area (Å²) in [6.45, 7) is 6.17. The lowest BCUT2D eigenvalue weighted by Crippen LogP contribution is -2.15. The van der Waals surface area contributed by atoms with Gasteiger partial charge in [-0.3, -0.25) is 0 Å². The molecule has 1 aromatic rings. The Labute approximate surface area is 89.4 Å². The number of phenols is 1. The quantitative estimate of drug-likeness (QED) is 0.803. The number of rotatable bonds is 3. The van der Waals surface area contributed by atoms with Crippen LogP contribution in [-0.4, -0.2) is 16.2 Å². The lowest BCUT2D eigenvalue weighted by Gasteiger charge is -2.23. The number of carboxylic acids is 1. The van der Waals surface area contributed by atoms with Crippen molar-refractivity contribution >= 4 is 5.97 Å². The van der Waals surface area contributed by atoms with E-state index in [0.29, 0.717) is 0 Å². The number of aromatic carboxylic acids is 1. The first-order valence-electron chi connectivity index (χ1n) is 4.95. The number of hydrogen-bond acceptors (Lipinski definition) is 2. The van der Waals surface area contributed by atoms with Crippen LogP contribution < -0.4 is 0 Å². The Bertz CT molecular complexity index is 380. The molecule has 0 saturated heterocycles. The molecular formula is C12H16O3. The normalized spacial score (nSPS) is 11.4. The summed E-state index contributed by atoms with van der Waals surface area (Å²) in [5.41, 5.74) is 0.854. The Kier molecular flexibility index (Phi) is 3.03. The third-order valence-corrected chi connectivity index (χ3v) is 2.89. The van der Waals surface area contributed by atoms with Gasteiger partial charge < -0.3 is 10.2 Å². The van der Waals surface area contributed by atoms with E-state index in [0.717, 1.165) is 12.0 Å². The molecule has 82 valence electrons. The minimum absolute atomic E-state index is 0.0471. The fourth-order valence-corrected chi connectivity index (χ4v) is 1.34. The van der Waals surface area contributed by atoms with Crippen molar-refractivity contribution < 1.29 is 15.0 Å². The number of carboxylic acid groups (broad SMARTS) is 1. The Balaban J connectivity index is 3.18. The summed E-state index contributed by atoms with van der Waals surface area (Å²) in [6.07, 6.45) is 0.929. The lowest BCUT2D eigenvalue weighted by molar-refractivity contribution is 0.0693. The SMILES string of the molecule is CCC(C)(C)c1ccc(C(=O)O)c(O)c1. The molecule has 0 radical (unpaired) electrons. The molecule has 0 amide bonds. The highest BCUT2D eigenvalue weighted by Crippen LogP contribution is 2.30. The summed E-state index contributed by atoms with van der Waals surface area (Å²) in [5.74, 6) is -1.27. The molecular weight excluding hydrogens is 192 g/mol. The Morgan fingerprint density at radius 2 is 2.00 bits per heavy atom. The maximum Gasteiger partial charge on any atom is 0.339 e. The molecule has 15 heavy (non-hydrogen) atoms. The van der Waals surface area contributed by atoms with Crippen LogP contribution in [0.5, 0.6) is 5.75 Å². The summed E-state index contributed by atoms with van der Waals surface area (Å²) >= 11 is 0. The van der Waals surface area contributed by atoms with Gasteiger partial charge in [0.15, 0.2) is 0 Å². The average Bonchev–Trinajstić information content (AvgIpc) is 2.17. The predicted molar refractivity (Wildman–Crippen MR) is 58.4 cm³/mol. The van der Waals surface area contributed by atoms with E-state index in [1.807, 2.05) is 0 Å². The van der Waals surface area contributed by atoms with Gasteiger partial charge in [-0.25, -0.2) is 4.79 Å². The second-order valence-electron chi connectivity index (χ2n) is 4.27. The molecule has 1 rings (SSSR count). The third kappa shape index (κ3) is 2.29. The molecule has 3 nitrogen and oxygen atoms in total. The monoisotopic (exact) mass is 208 g/mol. The highest BCUT2D eigenvalue weighted by atomic mass is 16.4. The van der Waals surface area contributed by atoms with E-state index in [4.69, 9.17) is 5.11 Å². The van der Waals surface area contributed by atoms with Crippen LogP contribution in [0.3, 0.4) is 0 Å². The molecule has 0 aromatic heterocycles. The van der Waals surface area contributed by atoms with E-state index in [9.17, 15) is 9.90 Å². The highest BCUT2D eigenvalue weighted by molar-refractivity contribution is 5.90. The van der Waals surface area contributed by atoms with Gasteiger partial charge in [-0.1, -0.05) is 26.8 Å². The van der Waals surface area contributed by atoms with Gasteiger partial charge in [-0.2, -0.15) is 0 Å². The van der Waals surface area contributed by atoms with Crippen molar-refractivity contribution in [3.63, 3.8) is 0 Å². The Morgan fingerprint density at radius 1 is 1.40 bits per heavy atom. The second kappa shape index (κ2) is 3.93. The van der Waals surface area contributed by atoms with Crippen LogP contribution >= 0.6 is 0 Å². The van der Waals surface area contributed by atoms with E-state index < -0.39 is 5.97 Å². The lowest BCUT2D eigenvalue weighted by atomic mass is 9.82. The van der Waals surface area contributed by atoms with Gasteiger partial charge in [0.25, 0.3) is 0 Å². The van der Waals surface area contributed by atoms with Crippen LogP contribution in [0.25, 0.3) is 0 Å². The van der Waals surface area contributed by atoms with E-state index >= 15 is 0 Å². The van der Waals surface area contributed by atoms with E-state index in [1.165, 1.54) is 12.1 Å². The zero-order valence-electron chi connectivity index (χ0n) is 9.24. The molecule has 0 bridgehead atoms. The van der Waals surface area contributed by atoms with Gasteiger partial charge in [-0.15, -0.1) is 0 Å². The zero-order valence-corrected chi connectivity index (χ0v) is 9.24. The predicted octanol–water partition coefficient (Wildman–Crippen LogP) is 2.78. The van der Waals surface area contributed by atoms with Gasteiger partial charge in [0.05, 0.1) is 0 Å². The van der Waals surface area contributed by atoms with Crippen molar-refractivity contribution in [3.05, 3.63) is 29.3 Å². The maximum absolute atomic E-state index is 10.7. The summed E-state index contributed by atoms with van der Waals surface area (Å²) in [7, 11) is 0. The molecule has 0 aliphatic rings. The molecule has 0 heterocycles. The van der Waals surface area contributed by atoms with Crippen LogP contribution in [0.2, 0.25) is 0 Å². The van der Waals surface area contributed by atoms with Crippen LogP contribution in [-0.2, 0) is 5.41 Å². The van der Waals surface area contributed by atoms with Crippen molar-refractivity contribution in [1.82, 2.24) is 0 Å². The molecule has 0 unspecified atom stereocenters. The third-order valence-electron chi connectivity index (χ3n) is 2.89. The summed E-state index contributed by atoms with van der Waals surface area (Å²) in [6, 6.07) is 4.74. The highest BCUT2D eigenvalue weighted by Gasteiger charge is 2.20. The van der Waals surface area contributed by atoms with Gasteiger partial charge in [0, 0.05) is 0 Å². The number of hydrogen-bond donors (Lipinski definition) is 2. The minimum atomic E-state index is -1.10. The minimum Gasteiger partial charge on any atom is -0.507 e. The Morgan fingerprint density at radius 3 is 2.40 bits per heavy atom. The largest absolute Gasteiger partial charge is 0.507 e. The van der Waals surface area contributed by atoms with Crippen LogP contribution in [0.15, 0.2) is 18.2 Å². The molecule has 0 aliphatic heterocycles. The van der Waals surface area contributed by atoms with Crippen LogP contribution in [0.4, 0.5) is 0 Å². The maximum atomic E-state index is 10.7. The van der Waals surface area contributed by atoms with Crippen molar-refractivity contribution in [3.8, 4) is 5.75 Å². The molecule has 0 fully saturated rings. The van der Waals surface area contributed by atoms with Crippen molar-refractivity contribution in [2.24, 2.45) is 0 Å². The first-order chi connectivity index (χ1) is 6.88. The molecule has 0 spiro atoms. The summed E-state index contributed by atoms with van der Waals surface area (Å²) in [4.78, 5) is 10.7. The van der Waals surface area contributed by atoms with Gasteiger partial charge in [0.2, 0.25) is 0 Å². The zero-order chi connectivity index (χ0) is 11.6. The smallest absolute Gasteiger partial charge is 0.339 e. The number of aromatic hydroxyl groups is 1. The molecule has 0 saturated carbocycles. The molecule has 2 N–H and O–H groups in total. The number of benzene rings is 1. The summed E-state index contributed by atoms with van der Waals surface area (Å²) < 4.78 is 0. The van der Waals surface area contributed by atoms with Crippen molar-refractivity contribution in [2.45, 2.75) is 32.6 Å². The van der Waals surface area contributed by atoms with Crippen LogP contribution in [0, 0.1) is 0 Å². The van der Waals surface area contributed by atoms with Gasteiger partial charge in [-0.05, 0) is 29.5 Å². The fraction of sp³-hybridized carbons (Fsp3) is 0.417. The topological polar surface area (TPSA) is 57.5 Å². The standard InChI is InChI=1S/C12H16O3/c1-4-12(2,3)8-5-6-9(11(14)15)10(13)7-8/h5-7,13H,4H2,1-3H3,(H,14,15). The average molecular weight is 208 g/mol. The molecule has 1 aromatic carbocycles.